The summed E-state index contributed by atoms with van der Waals surface area (Å²) >= 11 is 0. The zero-order valence-electron chi connectivity index (χ0n) is 19.1. The molecule has 0 aliphatic carbocycles. The molecule has 0 atom stereocenters. The summed E-state index contributed by atoms with van der Waals surface area (Å²) in [5, 5.41) is 5.03. The number of hydrogen-bond donors (Lipinski definition) is 1. The van der Waals surface area contributed by atoms with Gasteiger partial charge < -0.3 is 19.7 Å². The van der Waals surface area contributed by atoms with E-state index in [1.54, 1.807) is 19.1 Å². The summed E-state index contributed by atoms with van der Waals surface area (Å²) in [6.45, 7) is 2.19. The molecule has 2 amide bonds. The first-order chi connectivity index (χ1) is 15.4. The van der Waals surface area contributed by atoms with Crippen molar-refractivity contribution < 1.29 is 19.1 Å². The summed E-state index contributed by atoms with van der Waals surface area (Å²) in [5.74, 6) is 1.27. The minimum absolute atomic E-state index is 0.0706. The Kier molecular flexibility index (Phi) is 7.71. The van der Waals surface area contributed by atoms with Gasteiger partial charge in [0, 0.05) is 26.2 Å². The molecule has 0 aromatic heterocycles. The molecule has 0 spiro atoms. The normalized spacial score (nSPS) is 10.6. The van der Waals surface area contributed by atoms with Gasteiger partial charge in [-0.15, -0.1) is 0 Å². The van der Waals surface area contributed by atoms with Gasteiger partial charge in [0.25, 0.3) is 0 Å². The van der Waals surface area contributed by atoms with Gasteiger partial charge in [-0.3, -0.25) is 9.59 Å². The van der Waals surface area contributed by atoms with E-state index in [1.807, 2.05) is 43.4 Å². The maximum Gasteiger partial charge on any atom is 0.226 e. The molecule has 0 aliphatic rings. The zero-order valence-corrected chi connectivity index (χ0v) is 19.1. The highest BCUT2D eigenvalue weighted by atomic mass is 16.5. The number of methoxy groups -OCH3 is 2. The van der Waals surface area contributed by atoms with Gasteiger partial charge in [0.05, 0.1) is 20.6 Å². The summed E-state index contributed by atoms with van der Waals surface area (Å²) < 4.78 is 10.6. The number of hydrogen-bond acceptors (Lipinski definition) is 4. The summed E-state index contributed by atoms with van der Waals surface area (Å²) in [4.78, 5) is 25.6. The summed E-state index contributed by atoms with van der Waals surface area (Å²) in [5.41, 5.74) is 2.92. The number of aryl methyl sites for hydroxylation is 1. The number of fused-ring (bicyclic) bond motifs is 1. The molecule has 0 bridgehead atoms. The summed E-state index contributed by atoms with van der Waals surface area (Å²) in [6, 6.07) is 17.8. The van der Waals surface area contributed by atoms with Gasteiger partial charge in [-0.05, 0) is 59.0 Å². The maximum absolute atomic E-state index is 12.6. The monoisotopic (exact) mass is 434 g/mol. The highest BCUT2D eigenvalue weighted by Gasteiger charge is 2.12. The highest BCUT2D eigenvalue weighted by molar-refractivity contribution is 5.93. The van der Waals surface area contributed by atoms with Crippen LogP contribution >= 0.6 is 0 Å². The first kappa shape index (κ1) is 23.1. The fraction of sp³-hybridized carbons (Fsp3) is 0.308. The number of nitrogens with one attached hydrogen (secondary N) is 1. The lowest BCUT2D eigenvalue weighted by atomic mass is 10.0. The first-order valence-electron chi connectivity index (χ1n) is 10.6. The molecule has 0 aliphatic heterocycles. The fourth-order valence-electron chi connectivity index (χ4n) is 3.68. The Bertz CT molecular complexity index is 1110. The van der Waals surface area contributed by atoms with Crippen molar-refractivity contribution in [3.05, 3.63) is 65.7 Å². The summed E-state index contributed by atoms with van der Waals surface area (Å²) in [7, 11) is 5.02. The summed E-state index contributed by atoms with van der Waals surface area (Å²) in [6.07, 6.45) is 2.09. The van der Waals surface area contributed by atoms with Crippen LogP contribution in [0.5, 0.6) is 11.5 Å². The molecule has 0 heterocycles. The Labute approximate surface area is 189 Å². The standard InChI is InChI=1S/C26H30N2O4/c1-18(29)27-23-11-10-21-14-19(7-9-22(21)17-23)6-5-13-28(2)26(30)16-20-8-12-24(31-3)25(15-20)32-4/h7-12,14-15,17H,5-6,13,16H2,1-4H3,(H,27,29). The molecule has 0 unspecified atom stereocenters. The second-order valence-electron chi connectivity index (χ2n) is 7.86. The van der Waals surface area contributed by atoms with Crippen molar-refractivity contribution in [2.75, 3.05) is 33.1 Å². The van der Waals surface area contributed by atoms with Crippen LogP contribution in [-0.2, 0) is 22.4 Å². The van der Waals surface area contributed by atoms with Crippen LogP contribution in [0, 0.1) is 0 Å². The SMILES string of the molecule is COc1ccc(CC(=O)N(C)CCCc2ccc3cc(NC(C)=O)ccc3c2)cc1OC. The molecule has 0 radical (unpaired) electrons. The van der Waals surface area contributed by atoms with E-state index in [0.29, 0.717) is 24.5 Å². The van der Waals surface area contributed by atoms with Gasteiger partial charge in [0.1, 0.15) is 0 Å². The molecule has 32 heavy (non-hydrogen) atoms. The molecular weight excluding hydrogens is 404 g/mol. The predicted octanol–water partition coefficient (Wildman–Crippen LogP) is 4.45. The van der Waals surface area contributed by atoms with Gasteiger partial charge in [-0.25, -0.2) is 0 Å². The number of carbonyl (C=O) groups excluding carboxylic acids is 2. The van der Waals surface area contributed by atoms with Gasteiger partial charge in [0.2, 0.25) is 11.8 Å². The average molecular weight is 435 g/mol. The zero-order chi connectivity index (χ0) is 23.1. The second-order valence-corrected chi connectivity index (χ2v) is 7.86. The average Bonchev–Trinajstić information content (AvgIpc) is 2.78. The van der Waals surface area contributed by atoms with Crippen LogP contribution in [-0.4, -0.2) is 44.5 Å². The number of benzene rings is 3. The van der Waals surface area contributed by atoms with Crippen molar-refractivity contribution in [2.24, 2.45) is 0 Å². The van der Waals surface area contributed by atoms with Gasteiger partial charge >= 0.3 is 0 Å². The second kappa shape index (κ2) is 10.7. The topological polar surface area (TPSA) is 67.9 Å². The van der Waals surface area contributed by atoms with E-state index < -0.39 is 0 Å². The van der Waals surface area contributed by atoms with Crippen LogP contribution in [0.4, 0.5) is 5.69 Å². The third-order valence-corrected chi connectivity index (χ3v) is 5.41. The van der Waals surface area contributed by atoms with Crippen molar-refractivity contribution in [3.63, 3.8) is 0 Å². The van der Waals surface area contributed by atoms with Crippen LogP contribution in [0.15, 0.2) is 54.6 Å². The van der Waals surface area contributed by atoms with Gasteiger partial charge in [0.15, 0.2) is 11.5 Å². The third kappa shape index (κ3) is 6.00. The van der Waals surface area contributed by atoms with Crippen molar-refractivity contribution in [1.29, 1.82) is 0 Å². The Morgan fingerprint density at radius 1 is 0.875 bits per heavy atom. The Morgan fingerprint density at radius 3 is 2.28 bits per heavy atom. The number of carbonyl (C=O) groups is 2. The smallest absolute Gasteiger partial charge is 0.226 e. The highest BCUT2D eigenvalue weighted by Crippen LogP contribution is 2.28. The molecule has 0 saturated carbocycles. The minimum atomic E-state index is -0.0780. The lowest BCUT2D eigenvalue weighted by Crippen LogP contribution is -2.29. The maximum atomic E-state index is 12.6. The molecule has 1 N–H and O–H groups in total. The van der Waals surface area contributed by atoms with Crippen LogP contribution in [0.1, 0.15) is 24.5 Å². The Balaban J connectivity index is 1.53. The molecule has 3 aromatic carbocycles. The lowest BCUT2D eigenvalue weighted by molar-refractivity contribution is -0.129. The van der Waals surface area contributed by atoms with E-state index in [0.717, 1.165) is 34.9 Å². The number of likely N-dealkylation sites (N-methyl/N-ethyl adjacent to an activating group) is 1. The van der Waals surface area contributed by atoms with Crippen molar-refractivity contribution in [3.8, 4) is 11.5 Å². The van der Waals surface area contributed by atoms with E-state index in [9.17, 15) is 9.59 Å². The Morgan fingerprint density at radius 2 is 1.56 bits per heavy atom. The molecule has 6 nitrogen and oxygen atoms in total. The van der Waals surface area contributed by atoms with Crippen LogP contribution < -0.4 is 14.8 Å². The molecule has 0 fully saturated rings. The fourth-order valence-corrected chi connectivity index (χ4v) is 3.68. The molecular formula is C26H30N2O4. The molecule has 3 aromatic rings. The third-order valence-electron chi connectivity index (χ3n) is 5.41. The van der Waals surface area contributed by atoms with Crippen molar-refractivity contribution in [1.82, 2.24) is 4.90 Å². The predicted molar refractivity (Wildman–Crippen MR) is 127 cm³/mol. The van der Waals surface area contributed by atoms with E-state index >= 15 is 0 Å². The Hall–Kier alpha value is -3.54. The van der Waals surface area contributed by atoms with E-state index in [4.69, 9.17) is 9.47 Å². The van der Waals surface area contributed by atoms with E-state index in [2.05, 4.69) is 23.5 Å². The van der Waals surface area contributed by atoms with Crippen LogP contribution in [0.25, 0.3) is 10.8 Å². The van der Waals surface area contributed by atoms with Crippen LogP contribution in [0.3, 0.4) is 0 Å². The van der Waals surface area contributed by atoms with Gasteiger partial charge in [-0.1, -0.05) is 30.3 Å². The molecule has 0 saturated heterocycles. The minimum Gasteiger partial charge on any atom is -0.493 e. The molecule has 168 valence electrons. The first-order valence-corrected chi connectivity index (χ1v) is 10.6. The number of rotatable bonds is 9. The van der Waals surface area contributed by atoms with E-state index in [1.165, 1.54) is 12.5 Å². The molecule has 3 rings (SSSR count). The lowest BCUT2D eigenvalue weighted by Gasteiger charge is -2.18. The van der Waals surface area contributed by atoms with Crippen LogP contribution in [0.2, 0.25) is 0 Å². The number of amides is 2. The van der Waals surface area contributed by atoms with Crippen molar-refractivity contribution >= 4 is 28.3 Å². The number of ether oxygens (including phenoxy) is 2. The van der Waals surface area contributed by atoms with E-state index in [-0.39, 0.29) is 11.8 Å². The largest absolute Gasteiger partial charge is 0.493 e. The molecule has 6 heteroatoms. The van der Waals surface area contributed by atoms with Gasteiger partial charge in [-0.2, -0.15) is 0 Å². The van der Waals surface area contributed by atoms with Crippen molar-refractivity contribution in [2.45, 2.75) is 26.2 Å². The number of nitrogens with zero attached hydrogens (tertiary/aromatic N) is 1. The number of anilines is 1. The quantitative estimate of drug-likeness (QED) is 0.540.